The number of halogens is 2. The lowest BCUT2D eigenvalue weighted by Crippen LogP contribution is -2.34. The van der Waals surface area contributed by atoms with E-state index in [-0.39, 0.29) is 21.8 Å². The zero-order valence-corrected chi connectivity index (χ0v) is 13.3. The second kappa shape index (κ2) is 7.71. The standard InChI is InChI=1S/C16H12ClFN2O5/c17-13-5-4-11(20(24)25)7-12(13)14(8-15(21)22)19-16(23)9-2-1-3-10(18)6-9/h1-7,14H,8H2,(H,19,23)(H,21,22)/p-1/t14-/m0/s1. The van der Waals surface area contributed by atoms with Crippen LogP contribution in [0.15, 0.2) is 42.5 Å². The van der Waals surface area contributed by atoms with E-state index in [1.165, 1.54) is 18.2 Å². The first-order valence-corrected chi connectivity index (χ1v) is 7.36. The van der Waals surface area contributed by atoms with Crippen LogP contribution < -0.4 is 10.4 Å². The normalized spacial score (nSPS) is 11.6. The molecule has 130 valence electrons. The van der Waals surface area contributed by atoms with E-state index in [0.29, 0.717) is 0 Å². The number of carboxylic acids is 1. The van der Waals surface area contributed by atoms with Crippen LogP contribution in [0.4, 0.5) is 10.1 Å². The van der Waals surface area contributed by atoms with Gasteiger partial charge in [-0.25, -0.2) is 4.39 Å². The summed E-state index contributed by atoms with van der Waals surface area (Å²) >= 11 is 5.99. The van der Waals surface area contributed by atoms with Crippen LogP contribution in [0, 0.1) is 15.9 Å². The van der Waals surface area contributed by atoms with Crippen molar-refractivity contribution in [2.24, 2.45) is 0 Å². The predicted octanol–water partition coefficient (Wildman–Crippen LogP) is 2.00. The van der Waals surface area contributed by atoms with E-state index in [0.717, 1.165) is 24.3 Å². The maximum Gasteiger partial charge on any atom is 0.269 e. The third kappa shape index (κ3) is 4.74. The van der Waals surface area contributed by atoms with E-state index in [9.17, 15) is 29.2 Å². The van der Waals surface area contributed by atoms with Crippen molar-refractivity contribution in [1.82, 2.24) is 5.32 Å². The minimum atomic E-state index is -1.49. The summed E-state index contributed by atoms with van der Waals surface area (Å²) in [7, 11) is 0. The van der Waals surface area contributed by atoms with Gasteiger partial charge in [-0.2, -0.15) is 0 Å². The molecule has 0 unspecified atom stereocenters. The zero-order valence-electron chi connectivity index (χ0n) is 12.6. The van der Waals surface area contributed by atoms with Crippen LogP contribution >= 0.6 is 11.6 Å². The van der Waals surface area contributed by atoms with E-state index >= 15 is 0 Å². The fourth-order valence-corrected chi connectivity index (χ4v) is 2.44. The van der Waals surface area contributed by atoms with Gasteiger partial charge < -0.3 is 15.2 Å². The van der Waals surface area contributed by atoms with Gasteiger partial charge in [-0.1, -0.05) is 17.7 Å². The number of nitrogens with zero attached hydrogens (tertiary/aromatic N) is 1. The zero-order chi connectivity index (χ0) is 18.6. The molecule has 7 nitrogen and oxygen atoms in total. The molecule has 2 rings (SSSR count). The summed E-state index contributed by atoms with van der Waals surface area (Å²) in [5.74, 6) is -2.89. The average molecular weight is 366 g/mol. The minimum absolute atomic E-state index is 0.0371. The Morgan fingerprint density at radius 1 is 1.24 bits per heavy atom. The fraction of sp³-hybridized carbons (Fsp3) is 0.125. The molecule has 1 N–H and O–H groups in total. The molecule has 25 heavy (non-hydrogen) atoms. The number of nitro groups is 1. The SMILES string of the molecule is O=C([O-])C[C@H](NC(=O)c1cccc(F)c1)c1cc([N+](=O)[O-])ccc1Cl. The molecule has 0 aromatic heterocycles. The van der Waals surface area contributed by atoms with Crippen LogP contribution in [0.5, 0.6) is 0 Å². The van der Waals surface area contributed by atoms with Crippen LogP contribution in [0.25, 0.3) is 0 Å². The Labute approximate surface area is 146 Å². The summed E-state index contributed by atoms with van der Waals surface area (Å²) < 4.78 is 13.2. The molecule has 0 fully saturated rings. The Kier molecular flexibility index (Phi) is 5.66. The summed E-state index contributed by atoms with van der Waals surface area (Å²) in [6.07, 6.45) is -0.665. The fourth-order valence-electron chi connectivity index (χ4n) is 2.19. The number of non-ortho nitro benzene ring substituents is 1. The number of nitro benzene ring substituents is 1. The van der Waals surface area contributed by atoms with Crippen molar-refractivity contribution in [3.05, 3.63) is 74.5 Å². The molecule has 1 atom stereocenters. The Hall–Kier alpha value is -3.00. The maximum atomic E-state index is 13.2. The molecule has 0 saturated heterocycles. The first kappa shape index (κ1) is 18.3. The van der Waals surface area contributed by atoms with Crippen molar-refractivity contribution in [1.29, 1.82) is 0 Å². The Balaban J connectivity index is 2.36. The number of hydrogen-bond donors (Lipinski definition) is 1. The number of hydrogen-bond acceptors (Lipinski definition) is 5. The third-order valence-electron chi connectivity index (χ3n) is 3.33. The first-order chi connectivity index (χ1) is 11.8. The van der Waals surface area contributed by atoms with Crippen molar-refractivity contribution < 1.29 is 24.0 Å². The molecule has 0 spiro atoms. The van der Waals surface area contributed by atoms with Crippen molar-refractivity contribution in [3.63, 3.8) is 0 Å². The highest BCUT2D eigenvalue weighted by atomic mass is 35.5. The van der Waals surface area contributed by atoms with Gasteiger partial charge in [0.15, 0.2) is 0 Å². The van der Waals surface area contributed by atoms with Crippen LogP contribution in [-0.2, 0) is 4.79 Å². The molecule has 0 aliphatic rings. The van der Waals surface area contributed by atoms with Crippen molar-refractivity contribution in [2.75, 3.05) is 0 Å². The highest BCUT2D eigenvalue weighted by Gasteiger charge is 2.21. The van der Waals surface area contributed by atoms with Crippen molar-refractivity contribution >= 4 is 29.2 Å². The van der Waals surface area contributed by atoms with E-state index in [4.69, 9.17) is 11.6 Å². The highest BCUT2D eigenvalue weighted by Crippen LogP contribution is 2.29. The second-order valence-electron chi connectivity index (χ2n) is 5.08. The number of amides is 1. The van der Waals surface area contributed by atoms with Gasteiger partial charge in [-0.05, 0) is 24.3 Å². The maximum absolute atomic E-state index is 13.2. The molecular weight excluding hydrogens is 355 g/mol. The number of carbonyl (C=O) groups excluding carboxylic acids is 2. The molecular formula is C16H11ClFN2O5-. The molecule has 9 heteroatoms. The Bertz CT molecular complexity index is 843. The summed E-state index contributed by atoms with van der Waals surface area (Å²) in [6.45, 7) is 0. The van der Waals surface area contributed by atoms with Gasteiger partial charge in [0.2, 0.25) is 0 Å². The lowest BCUT2D eigenvalue weighted by molar-refractivity contribution is -0.385. The number of rotatable bonds is 6. The molecule has 0 radical (unpaired) electrons. The molecule has 0 aliphatic heterocycles. The Morgan fingerprint density at radius 3 is 2.56 bits per heavy atom. The van der Waals surface area contributed by atoms with Gasteiger partial charge in [0, 0.05) is 40.7 Å². The van der Waals surface area contributed by atoms with Gasteiger partial charge >= 0.3 is 0 Å². The summed E-state index contributed by atoms with van der Waals surface area (Å²) in [6, 6.07) is 7.03. The van der Waals surface area contributed by atoms with Crippen molar-refractivity contribution in [2.45, 2.75) is 12.5 Å². The third-order valence-corrected chi connectivity index (χ3v) is 3.67. The summed E-state index contributed by atoms with van der Waals surface area (Å²) in [5, 5.41) is 24.3. The Morgan fingerprint density at radius 2 is 1.96 bits per heavy atom. The van der Waals surface area contributed by atoms with Gasteiger partial charge in [0.25, 0.3) is 11.6 Å². The molecule has 0 bridgehead atoms. The van der Waals surface area contributed by atoms with Crippen LogP contribution in [-0.4, -0.2) is 16.8 Å². The molecule has 2 aromatic carbocycles. The van der Waals surface area contributed by atoms with Gasteiger partial charge in [-0.15, -0.1) is 0 Å². The topological polar surface area (TPSA) is 112 Å². The second-order valence-corrected chi connectivity index (χ2v) is 5.48. The quantitative estimate of drug-likeness (QED) is 0.621. The van der Waals surface area contributed by atoms with E-state index in [2.05, 4.69) is 5.32 Å². The average Bonchev–Trinajstić information content (AvgIpc) is 2.54. The largest absolute Gasteiger partial charge is 0.550 e. The van der Waals surface area contributed by atoms with Crippen molar-refractivity contribution in [3.8, 4) is 0 Å². The highest BCUT2D eigenvalue weighted by molar-refractivity contribution is 6.31. The van der Waals surface area contributed by atoms with E-state index in [1.807, 2.05) is 0 Å². The van der Waals surface area contributed by atoms with Crippen LogP contribution in [0.1, 0.15) is 28.4 Å². The lowest BCUT2D eigenvalue weighted by atomic mass is 10.0. The van der Waals surface area contributed by atoms with Crippen LogP contribution in [0.3, 0.4) is 0 Å². The first-order valence-electron chi connectivity index (χ1n) is 6.98. The van der Waals surface area contributed by atoms with E-state index in [1.54, 1.807) is 0 Å². The number of carboxylic acid groups (broad SMARTS) is 1. The molecule has 0 heterocycles. The van der Waals surface area contributed by atoms with Gasteiger partial charge in [0.05, 0.1) is 11.0 Å². The summed E-state index contributed by atoms with van der Waals surface area (Å²) in [4.78, 5) is 33.4. The number of aliphatic carboxylic acids is 1. The monoisotopic (exact) mass is 365 g/mol. The van der Waals surface area contributed by atoms with Gasteiger partial charge in [-0.3, -0.25) is 14.9 Å². The smallest absolute Gasteiger partial charge is 0.269 e. The van der Waals surface area contributed by atoms with Gasteiger partial charge in [0.1, 0.15) is 5.82 Å². The predicted molar refractivity (Wildman–Crippen MR) is 84.3 cm³/mol. The lowest BCUT2D eigenvalue weighted by Gasteiger charge is -2.21. The molecule has 2 aromatic rings. The minimum Gasteiger partial charge on any atom is -0.550 e. The van der Waals surface area contributed by atoms with Crippen LogP contribution in [0.2, 0.25) is 5.02 Å². The number of carbonyl (C=O) groups is 2. The molecule has 1 amide bonds. The summed E-state index contributed by atoms with van der Waals surface area (Å²) in [5.41, 5.74) is -0.308. The number of nitrogens with one attached hydrogen (secondary N) is 1. The molecule has 0 saturated carbocycles. The van der Waals surface area contributed by atoms with E-state index < -0.39 is 35.1 Å². The number of benzene rings is 2. The molecule has 0 aliphatic carbocycles.